The van der Waals surface area contributed by atoms with E-state index >= 15 is 0 Å². The molecule has 0 fully saturated rings. The summed E-state index contributed by atoms with van der Waals surface area (Å²) in [6.45, 7) is 3.01. The molecule has 0 aliphatic heterocycles. The van der Waals surface area contributed by atoms with Gasteiger partial charge >= 0.3 is 203 Å². The second-order valence-corrected chi connectivity index (χ2v) is 10.4. The number of fused-ring (bicyclic) bond motifs is 1. The van der Waals surface area contributed by atoms with Crippen LogP contribution in [-0.2, 0) is 11.3 Å². The molecule has 0 radical (unpaired) electrons. The number of nitrogens with zero attached hydrogens (tertiary/aromatic N) is 3. The van der Waals surface area contributed by atoms with Crippen molar-refractivity contribution in [2.24, 2.45) is 0 Å². The Morgan fingerprint density at radius 2 is 2.03 bits per heavy atom. The van der Waals surface area contributed by atoms with E-state index in [0.29, 0.717) is 41.8 Å². The second kappa shape index (κ2) is 10.9. The number of ether oxygens (including phenoxy) is 2. The summed E-state index contributed by atoms with van der Waals surface area (Å²) in [4.78, 5) is 20.6. The summed E-state index contributed by atoms with van der Waals surface area (Å²) in [7, 11) is 0. The van der Waals surface area contributed by atoms with Crippen molar-refractivity contribution >= 4 is 53.0 Å². The van der Waals surface area contributed by atoms with E-state index in [-0.39, 0.29) is 12.4 Å². The van der Waals surface area contributed by atoms with Gasteiger partial charge in [0.2, 0.25) is 0 Å². The zero-order valence-corrected chi connectivity index (χ0v) is 20.8. The summed E-state index contributed by atoms with van der Waals surface area (Å²) < 4.78 is 15.5. The summed E-state index contributed by atoms with van der Waals surface area (Å²) in [5.74, 6) is 1.07. The number of halogens is 1. The SMILES string of the molecule is CC(=O)c1cccc(Oc2ccc([AsH]c3ncnc4ccn(CCOCCO)c34)cc2Cl)c1. The van der Waals surface area contributed by atoms with E-state index in [1.54, 1.807) is 30.6 Å². The molecule has 1 unspecified atom stereocenters. The van der Waals surface area contributed by atoms with Gasteiger partial charge < -0.3 is 0 Å². The Morgan fingerprint density at radius 1 is 1.15 bits per heavy atom. The van der Waals surface area contributed by atoms with Crippen LogP contribution in [0.5, 0.6) is 11.5 Å². The zero-order valence-electron chi connectivity index (χ0n) is 18.0. The summed E-state index contributed by atoms with van der Waals surface area (Å²) >= 11 is 5.74. The third-order valence-corrected chi connectivity index (χ3v) is 7.74. The van der Waals surface area contributed by atoms with E-state index in [0.717, 1.165) is 19.9 Å². The number of Topliss-reactive ketones (excluding diaryl/α,β-unsaturated/α-hetero) is 1. The number of hydrogen-bond donors (Lipinski definition) is 1. The number of aliphatic hydroxyl groups is 1. The average molecular weight is 528 g/mol. The summed E-state index contributed by atoms with van der Waals surface area (Å²) in [6.07, 6.45) is 3.57. The second-order valence-electron chi connectivity index (χ2n) is 7.26. The summed E-state index contributed by atoms with van der Waals surface area (Å²) in [5, 5.41) is 9.38. The van der Waals surface area contributed by atoms with Crippen molar-refractivity contribution in [3.05, 3.63) is 71.6 Å². The van der Waals surface area contributed by atoms with Crippen LogP contribution in [0.2, 0.25) is 5.02 Å². The number of hydrogen-bond acceptors (Lipinski definition) is 6. The molecule has 0 aliphatic carbocycles. The standard InChI is InChI=1S/C24H23AsClN3O4/c1-16(31)17-3-2-4-19(13-17)33-22-6-5-18(14-20(22)26)25-24-23-21(27-15-28-24)7-8-29(23)9-11-32-12-10-30/h2-8,13-15,25,30H,9-12H2,1H3. The molecule has 33 heavy (non-hydrogen) atoms. The van der Waals surface area contributed by atoms with Crippen LogP contribution in [0, 0.1) is 0 Å². The van der Waals surface area contributed by atoms with Gasteiger partial charge in [0.15, 0.2) is 0 Å². The molecular weight excluding hydrogens is 505 g/mol. The fourth-order valence-corrected chi connectivity index (χ4v) is 6.21. The number of benzene rings is 2. The molecule has 170 valence electrons. The summed E-state index contributed by atoms with van der Waals surface area (Å²) in [5.41, 5.74) is 2.48. The molecule has 4 rings (SSSR count). The molecule has 7 nitrogen and oxygen atoms in total. The van der Waals surface area contributed by atoms with E-state index in [2.05, 4.69) is 14.5 Å². The van der Waals surface area contributed by atoms with Crippen LogP contribution in [0.3, 0.4) is 0 Å². The maximum absolute atomic E-state index is 11.6. The molecule has 1 N–H and O–H groups in total. The van der Waals surface area contributed by atoms with Crippen LogP contribution >= 0.6 is 11.6 Å². The Balaban J connectivity index is 1.53. The third kappa shape index (κ3) is 5.81. The normalized spacial score (nSPS) is 11.5. The predicted molar refractivity (Wildman–Crippen MR) is 130 cm³/mol. The molecule has 2 heterocycles. The Morgan fingerprint density at radius 3 is 2.82 bits per heavy atom. The first-order valence-corrected chi connectivity index (χ1v) is 12.9. The molecule has 9 heteroatoms. The molecule has 4 aromatic rings. The van der Waals surface area contributed by atoms with Gasteiger partial charge in [-0.1, -0.05) is 0 Å². The first-order chi connectivity index (χ1) is 16.0. The van der Waals surface area contributed by atoms with Crippen LogP contribution in [-0.4, -0.2) is 61.0 Å². The van der Waals surface area contributed by atoms with Crippen molar-refractivity contribution in [1.82, 2.24) is 14.5 Å². The van der Waals surface area contributed by atoms with E-state index in [4.69, 9.17) is 26.2 Å². The fourth-order valence-electron chi connectivity index (χ4n) is 3.34. The van der Waals surface area contributed by atoms with E-state index in [1.807, 2.05) is 30.5 Å². The summed E-state index contributed by atoms with van der Waals surface area (Å²) in [6, 6.07) is 14.8. The Bertz CT molecular complexity index is 1280. The average Bonchev–Trinajstić information content (AvgIpc) is 3.23. The van der Waals surface area contributed by atoms with E-state index in [9.17, 15) is 4.79 Å². The molecule has 0 bridgehead atoms. The molecule has 2 aromatic carbocycles. The van der Waals surface area contributed by atoms with Gasteiger partial charge in [0.25, 0.3) is 0 Å². The molecule has 0 saturated heterocycles. The minimum atomic E-state index is -0.792. The monoisotopic (exact) mass is 527 g/mol. The van der Waals surface area contributed by atoms with Crippen molar-refractivity contribution in [2.75, 3.05) is 19.8 Å². The number of aliphatic hydroxyl groups excluding tert-OH is 1. The zero-order chi connectivity index (χ0) is 23.2. The van der Waals surface area contributed by atoms with Gasteiger partial charge in [-0.3, -0.25) is 0 Å². The van der Waals surface area contributed by atoms with Crippen LogP contribution in [0.1, 0.15) is 17.3 Å². The number of rotatable bonds is 10. The number of carbonyl (C=O) groups is 1. The van der Waals surface area contributed by atoms with Crippen molar-refractivity contribution in [2.45, 2.75) is 13.5 Å². The Kier molecular flexibility index (Phi) is 7.78. The van der Waals surface area contributed by atoms with Crippen molar-refractivity contribution < 1.29 is 19.4 Å². The van der Waals surface area contributed by atoms with E-state index < -0.39 is 15.8 Å². The quantitative estimate of drug-likeness (QED) is 0.194. The number of carbonyl (C=O) groups excluding carboxylic acids is 1. The molecule has 1 atom stereocenters. The molecule has 2 aromatic heterocycles. The Labute approximate surface area is 203 Å². The van der Waals surface area contributed by atoms with Crippen molar-refractivity contribution in [1.29, 1.82) is 0 Å². The van der Waals surface area contributed by atoms with Crippen molar-refractivity contribution in [3.63, 3.8) is 0 Å². The van der Waals surface area contributed by atoms with Crippen LogP contribution < -0.4 is 13.6 Å². The molecule has 0 saturated carbocycles. The van der Waals surface area contributed by atoms with Crippen LogP contribution in [0.4, 0.5) is 0 Å². The third-order valence-electron chi connectivity index (χ3n) is 4.93. The van der Waals surface area contributed by atoms with Gasteiger partial charge in [0.1, 0.15) is 0 Å². The van der Waals surface area contributed by atoms with Gasteiger partial charge in [0, 0.05) is 0 Å². The predicted octanol–water partition coefficient (Wildman–Crippen LogP) is 2.48. The van der Waals surface area contributed by atoms with Crippen LogP contribution in [0.15, 0.2) is 61.1 Å². The molecule has 0 amide bonds. The molecule has 0 aliphatic rings. The maximum atomic E-state index is 11.6. The van der Waals surface area contributed by atoms with Gasteiger partial charge in [-0.05, 0) is 0 Å². The molecule has 0 spiro atoms. The van der Waals surface area contributed by atoms with Crippen LogP contribution in [0.25, 0.3) is 11.0 Å². The van der Waals surface area contributed by atoms with Gasteiger partial charge in [-0.15, -0.1) is 0 Å². The van der Waals surface area contributed by atoms with Crippen molar-refractivity contribution in [3.8, 4) is 11.5 Å². The minimum absolute atomic E-state index is 0.00957. The fraction of sp³-hybridized carbons (Fsp3) is 0.208. The van der Waals surface area contributed by atoms with Gasteiger partial charge in [-0.2, -0.15) is 0 Å². The van der Waals surface area contributed by atoms with Gasteiger partial charge in [0.05, 0.1) is 0 Å². The topological polar surface area (TPSA) is 86.5 Å². The number of ketones is 1. The Hall–Kier alpha value is -2.70. The first kappa shape index (κ1) is 23.5. The number of aromatic nitrogens is 3. The molecular formula is C24H23AsClN3O4. The first-order valence-electron chi connectivity index (χ1n) is 10.4. The van der Waals surface area contributed by atoms with Gasteiger partial charge in [-0.25, -0.2) is 0 Å². The van der Waals surface area contributed by atoms with E-state index in [1.165, 1.54) is 6.92 Å².